The number of benzene rings is 3. The molecule has 0 bridgehead atoms. The van der Waals surface area contributed by atoms with Crippen molar-refractivity contribution in [3.8, 4) is 0 Å². The lowest BCUT2D eigenvalue weighted by Crippen LogP contribution is -2.29. The summed E-state index contributed by atoms with van der Waals surface area (Å²) >= 11 is 1.57. The monoisotopic (exact) mass is 471 g/mol. The van der Waals surface area contributed by atoms with Gasteiger partial charge in [0.2, 0.25) is 0 Å². The fraction of sp³-hybridized carbons (Fsp3) is 0.107. The molecular weight excluding hydrogens is 446 g/mol. The van der Waals surface area contributed by atoms with Gasteiger partial charge < -0.3 is 10.1 Å². The fourth-order valence-corrected chi connectivity index (χ4v) is 3.85. The molecular formula is C28H25NO4S. The van der Waals surface area contributed by atoms with Crippen molar-refractivity contribution >= 4 is 41.3 Å². The number of ether oxygens (including phenoxy) is 1. The van der Waals surface area contributed by atoms with Gasteiger partial charge in [0.05, 0.1) is 0 Å². The summed E-state index contributed by atoms with van der Waals surface area (Å²) in [5.41, 5.74) is 3.54. The Morgan fingerprint density at radius 3 is 2.21 bits per heavy atom. The second kappa shape index (κ2) is 11.8. The van der Waals surface area contributed by atoms with Crippen LogP contribution in [0.1, 0.15) is 34.0 Å². The third-order valence-electron chi connectivity index (χ3n) is 4.92. The average Bonchev–Trinajstić information content (AvgIpc) is 2.84. The third-order valence-corrected chi connectivity index (χ3v) is 5.72. The molecule has 6 heteroatoms. The summed E-state index contributed by atoms with van der Waals surface area (Å²) in [5, 5.41) is 2.57. The first-order valence-electron chi connectivity index (χ1n) is 10.6. The van der Waals surface area contributed by atoms with Gasteiger partial charge in [-0.3, -0.25) is 4.79 Å². The van der Waals surface area contributed by atoms with E-state index in [2.05, 4.69) is 5.32 Å². The van der Waals surface area contributed by atoms with Crippen LogP contribution in [0.5, 0.6) is 0 Å². The van der Waals surface area contributed by atoms with Crippen LogP contribution in [0, 0.1) is 6.92 Å². The Hall–Kier alpha value is -3.90. The summed E-state index contributed by atoms with van der Waals surface area (Å²) < 4.78 is 5.07. The zero-order chi connectivity index (χ0) is 24.5. The summed E-state index contributed by atoms with van der Waals surface area (Å²) in [4.78, 5) is 39.1. The molecule has 0 saturated heterocycles. The molecule has 0 aliphatic rings. The summed E-state index contributed by atoms with van der Waals surface area (Å²) in [7, 11) is 0. The molecule has 0 fully saturated rings. The van der Waals surface area contributed by atoms with Crippen LogP contribution in [0.25, 0.3) is 11.6 Å². The van der Waals surface area contributed by atoms with E-state index >= 15 is 0 Å². The quantitative estimate of drug-likeness (QED) is 0.208. The van der Waals surface area contributed by atoms with Crippen molar-refractivity contribution in [1.29, 1.82) is 0 Å². The first-order chi connectivity index (χ1) is 16.4. The molecule has 3 aromatic rings. The molecule has 0 heterocycles. The maximum Gasteiger partial charge on any atom is 0.362 e. The topological polar surface area (TPSA) is 72.5 Å². The highest BCUT2D eigenvalue weighted by molar-refractivity contribution is 7.98. The van der Waals surface area contributed by atoms with Crippen molar-refractivity contribution in [3.63, 3.8) is 0 Å². The molecule has 34 heavy (non-hydrogen) atoms. The number of esters is 2. The summed E-state index contributed by atoms with van der Waals surface area (Å²) in [5.74, 6) is -2.25. The highest BCUT2D eigenvalue weighted by Gasteiger charge is 2.19. The van der Waals surface area contributed by atoms with Crippen LogP contribution >= 0.6 is 11.8 Å². The van der Waals surface area contributed by atoms with Crippen LogP contribution in [-0.4, -0.2) is 24.1 Å². The number of hydrogen-bond acceptors (Lipinski definition) is 5. The second-order valence-electron chi connectivity index (χ2n) is 7.53. The Bertz CT molecular complexity index is 1250. The van der Waals surface area contributed by atoms with E-state index in [1.807, 2.05) is 37.4 Å². The van der Waals surface area contributed by atoms with E-state index in [1.54, 1.807) is 73.3 Å². The number of allylic oxidation sites excluding steroid dienone is 1. The number of rotatable bonds is 7. The van der Waals surface area contributed by atoms with Crippen molar-refractivity contribution in [2.75, 3.05) is 6.26 Å². The first kappa shape index (κ1) is 24.7. The van der Waals surface area contributed by atoms with E-state index < -0.39 is 17.8 Å². The number of thioether (sulfide) groups is 1. The van der Waals surface area contributed by atoms with Crippen LogP contribution in [-0.2, 0) is 14.3 Å². The van der Waals surface area contributed by atoms with E-state index in [4.69, 9.17) is 4.74 Å². The van der Waals surface area contributed by atoms with Crippen molar-refractivity contribution in [2.24, 2.45) is 0 Å². The molecule has 0 aliphatic heterocycles. The van der Waals surface area contributed by atoms with Gasteiger partial charge in [-0.1, -0.05) is 66.2 Å². The summed E-state index contributed by atoms with van der Waals surface area (Å²) in [6.45, 7) is 3.76. The van der Waals surface area contributed by atoms with Crippen molar-refractivity contribution < 1.29 is 19.1 Å². The van der Waals surface area contributed by atoms with Gasteiger partial charge in [-0.05, 0) is 61.1 Å². The zero-order valence-electron chi connectivity index (χ0n) is 19.2. The van der Waals surface area contributed by atoms with Crippen molar-refractivity contribution in [3.05, 3.63) is 113 Å². The molecule has 172 valence electrons. The molecule has 0 aromatic heterocycles. The Morgan fingerprint density at radius 1 is 0.912 bits per heavy atom. The number of nitrogens with one attached hydrogen (secondary N) is 1. The maximum absolute atomic E-state index is 12.9. The Morgan fingerprint density at radius 2 is 1.56 bits per heavy atom. The number of hydrogen-bond donors (Lipinski definition) is 1. The van der Waals surface area contributed by atoms with Crippen LogP contribution in [0.4, 0.5) is 0 Å². The molecule has 0 saturated carbocycles. The Kier molecular flexibility index (Phi) is 8.60. The van der Waals surface area contributed by atoms with Gasteiger partial charge >= 0.3 is 11.9 Å². The van der Waals surface area contributed by atoms with Crippen LogP contribution in [0.3, 0.4) is 0 Å². The van der Waals surface area contributed by atoms with Crippen LogP contribution in [0.2, 0.25) is 0 Å². The average molecular weight is 472 g/mol. The lowest BCUT2D eigenvalue weighted by molar-refractivity contribution is -0.153. The SMILES string of the molecule is CSc1ccc(C)cc1/C(C)=C/C(=O)OC(=O)C(=Cc1ccccc1)NC(=O)c1ccccc1. The summed E-state index contributed by atoms with van der Waals surface area (Å²) in [6, 6.07) is 23.4. The van der Waals surface area contributed by atoms with E-state index in [1.165, 1.54) is 12.2 Å². The molecule has 1 N–H and O–H groups in total. The molecule has 0 spiro atoms. The van der Waals surface area contributed by atoms with Gasteiger partial charge in [-0.15, -0.1) is 11.8 Å². The predicted molar refractivity (Wildman–Crippen MR) is 136 cm³/mol. The third kappa shape index (κ3) is 6.80. The van der Waals surface area contributed by atoms with E-state index in [0.29, 0.717) is 16.7 Å². The largest absolute Gasteiger partial charge is 0.385 e. The number of amides is 1. The molecule has 0 radical (unpaired) electrons. The Labute approximate surface area is 203 Å². The van der Waals surface area contributed by atoms with Crippen LogP contribution in [0.15, 0.2) is 95.5 Å². The first-order valence-corrected chi connectivity index (χ1v) is 11.8. The van der Waals surface area contributed by atoms with Crippen molar-refractivity contribution in [2.45, 2.75) is 18.7 Å². The zero-order valence-corrected chi connectivity index (χ0v) is 20.0. The minimum atomic E-state index is -0.948. The normalized spacial score (nSPS) is 11.6. The molecule has 3 rings (SSSR count). The van der Waals surface area contributed by atoms with Gasteiger partial charge in [0.25, 0.3) is 5.91 Å². The summed E-state index contributed by atoms with van der Waals surface area (Å²) in [6.07, 6.45) is 4.71. The van der Waals surface area contributed by atoms with Gasteiger partial charge in [-0.25, -0.2) is 9.59 Å². The molecule has 0 aliphatic carbocycles. The lowest BCUT2D eigenvalue weighted by atomic mass is 10.0. The second-order valence-corrected chi connectivity index (χ2v) is 8.38. The van der Waals surface area contributed by atoms with Gasteiger partial charge in [-0.2, -0.15) is 0 Å². The molecule has 5 nitrogen and oxygen atoms in total. The van der Waals surface area contributed by atoms with Gasteiger partial charge in [0.15, 0.2) is 0 Å². The van der Waals surface area contributed by atoms with E-state index in [9.17, 15) is 14.4 Å². The molecule has 1 amide bonds. The molecule has 3 aromatic carbocycles. The highest BCUT2D eigenvalue weighted by atomic mass is 32.2. The number of aryl methyl sites for hydroxylation is 1. The van der Waals surface area contributed by atoms with E-state index in [0.717, 1.165) is 16.0 Å². The van der Waals surface area contributed by atoms with Crippen molar-refractivity contribution in [1.82, 2.24) is 5.32 Å². The number of carbonyl (C=O) groups excluding carboxylic acids is 3. The minimum Gasteiger partial charge on any atom is -0.385 e. The minimum absolute atomic E-state index is 0.139. The fourth-order valence-electron chi connectivity index (χ4n) is 3.21. The van der Waals surface area contributed by atoms with Gasteiger partial charge in [0.1, 0.15) is 5.70 Å². The maximum atomic E-state index is 12.9. The van der Waals surface area contributed by atoms with Crippen LogP contribution < -0.4 is 5.32 Å². The molecule has 0 atom stereocenters. The Balaban J connectivity index is 1.83. The standard InChI is InChI=1S/C28H25NO4S/c1-19-14-15-25(34-3)23(16-19)20(2)17-26(30)33-28(32)24(18-21-10-6-4-7-11-21)29-27(31)22-12-8-5-9-13-22/h4-18H,1-3H3,(H,29,31)/b20-17+,24-18?. The smallest absolute Gasteiger partial charge is 0.362 e. The highest BCUT2D eigenvalue weighted by Crippen LogP contribution is 2.27. The number of carbonyl (C=O) groups is 3. The van der Waals surface area contributed by atoms with E-state index in [-0.39, 0.29) is 5.70 Å². The lowest BCUT2D eigenvalue weighted by Gasteiger charge is -2.11. The van der Waals surface area contributed by atoms with Gasteiger partial charge in [0, 0.05) is 16.5 Å². The predicted octanol–water partition coefficient (Wildman–Crippen LogP) is 5.66. The molecule has 0 unspecified atom stereocenters.